The third-order valence-corrected chi connectivity index (χ3v) is 2.85. The Morgan fingerprint density at radius 1 is 1.18 bits per heavy atom. The summed E-state index contributed by atoms with van der Waals surface area (Å²) in [4.78, 5) is 0. The molecule has 0 aromatic heterocycles. The Bertz CT molecular complexity index is 355. The van der Waals surface area contributed by atoms with Gasteiger partial charge >= 0.3 is 6.18 Å². The second-order valence-corrected chi connectivity index (χ2v) is 4.15. The van der Waals surface area contributed by atoms with Gasteiger partial charge in [0, 0.05) is 13.0 Å². The van der Waals surface area contributed by atoms with E-state index in [-0.39, 0.29) is 13.0 Å². The molecule has 0 fully saturated rings. The van der Waals surface area contributed by atoms with Crippen LogP contribution in [0.3, 0.4) is 0 Å². The standard InChI is InChI=1S/C12H16F3NO/c1-2-11(17,8-16)7-9-3-5-10(6-4-9)12(13,14)15/h3-6,17H,2,7-8,16H2,1H3. The summed E-state index contributed by atoms with van der Waals surface area (Å²) in [5.41, 5.74) is 4.35. The molecule has 0 spiro atoms. The smallest absolute Gasteiger partial charge is 0.388 e. The van der Waals surface area contributed by atoms with Crippen LogP contribution >= 0.6 is 0 Å². The van der Waals surface area contributed by atoms with Crippen LogP contribution in [0.25, 0.3) is 0 Å². The summed E-state index contributed by atoms with van der Waals surface area (Å²) in [5.74, 6) is 0. The SMILES string of the molecule is CCC(O)(CN)Cc1ccc(C(F)(F)F)cc1. The van der Waals surface area contributed by atoms with Crippen molar-refractivity contribution in [1.29, 1.82) is 0 Å². The lowest BCUT2D eigenvalue weighted by Crippen LogP contribution is -2.39. The molecular weight excluding hydrogens is 231 g/mol. The minimum Gasteiger partial charge on any atom is -0.388 e. The average molecular weight is 247 g/mol. The molecule has 0 saturated heterocycles. The maximum atomic E-state index is 12.3. The number of halogens is 3. The van der Waals surface area contributed by atoms with Gasteiger partial charge in [0.05, 0.1) is 11.2 Å². The first-order valence-electron chi connectivity index (χ1n) is 5.39. The molecule has 0 aliphatic heterocycles. The van der Waals surface area contributed by atoms with Crippen LogP contribution < -0.4 is 5.73 Å². The number of hydrogen-bond acceptors (Lipinski definition) is 2. The zero-order valence-corrected chi connectivity index (χ0v) is 9.59. The predicted octanol–water partition coefficient (Wildman–Crippen LogP) is 2.35. The van der Waals surface area contributed by atoms with E-state index in [1.807, 2.05) is 0 Å². The molecule has 3 N–H and O–H groups in total. The Morgan fingerprint density at radius 2 is 1.71 bits per heavy atom. The van der Waals surface area contributed by atoms with E-state index in [4.69, 9.17) is 5.73 Å². The lowest BCUT2D eigenvalue weighted by atomic mass is 9.92. The molecule has 1 unspecified atom stereocenters. The third-order valence-electron chi connectivity index (χ3n) is 2.85. The van der Waals surface area contributed by atoms with Crippen LogP contribution in [-0.2, 0) is 12.6 Å². The van der Waals surface area contributed by atoms with Gasteiger partial charge in [-0.3, -0.25) is 0 Å². The van der Waals surface area contributed by atoms with Crippen molar-refractivity contribution in [3.63, 3.8) is 0 Å². The van der Waals surface area contributed by atoms with Crippen LogP contribution in [0.15, 0.2) is 24.3 Å². The topological polar surface area (TPSA) is 46.2 Å². The molecule has 17 heavy (non-hydrogen) atoms. The summed E-state index contributed by atoms with van der Waals surface area (Å²) >= 11 is 0. The highest BCUT2D eigenvalue weighted by atomic mass is 19.4. The largest absolute Gasteiger partial charge is 0.416 e. The molecule has 96 valence electrons. The number of rotatable bonds is 4. The fourth-order valence-electron chi connectivity index (χ4n) is 1.53. The molecule has 1 aromatic carbocycles. The van der Waals surface area contributed by atoms with E-state index in [0.717, 1.165) is 12.1 Å². The molecule has 0 heterocycles. The maximum absolute atomic E-state index is 12.3. The molecular formula is C12H16F3NO. The molecule has 0 bridgehead atoms. The Balaban J connectivity index is 2.82. The third kappa shape index (κ3) is 3.71. The Morgan fingerprint density at radius 3 is 2.06 bits per heavy atom. The van der Waals surface area contributed by atoms with Crippen molar-refractivity contribution in [2.75, 3.05) is 6.54 Å². The van der Waals surface area contributed by atoms with E-state index in [1.54, 1.807) is 6.92 Å². The van der Waals surface area contributed by atoms with Crippen molar-refractivity contribution in [3.05, 3.63) is 35.4 Å². The van der Waals surface area contributed by atoms with Crippen molar-refractivity contribution >= 4 is 0 Å². The van der Waals surface area contributed by atoms with Gasteiger partial charge in [0.2, 0.25) is 0 Å². The zero-order valence-electron chi connectivity index (χ0n) is 9.59. The van der Waals surface area contributed by atoms with Gasteiger partial charge in [-0.25, -0.2) is 0 Å². The van der Waals surface area contributed by atoms with Gasteiger partial charge in [-0.1, -0.05) is 19.1 Å². The molecule has 0 aliphatic rings. The Hall–Kier alpha value is -1.07. The molecule has 0 radical (unpaired) electrons. The minimum atomic E-state index is -4.33. The van der Waals surface area contributed by atoms with E-state index < -0.39 is 17.3 Å². The molecule has 5 heteroatoms. The predicted molar refractivity (Wildman–Crippen MR) is 59.4 cm³/mol. The summed E-state index contributed by atoms with van der Waals surface area (Å²) in [6.45, 7) is 1.88. The first-order chi connectivity index (χ1) is 7.80. The van der Waals surface area contributed by atoms with Gasteiger partial charge in [0.25, 0.3) is 0 Å². The molecule has 1 atom stereocenters. The number of aliphatic hydroxyl groups is 1. The Kier molecular flexibility index (Phi) is 4.16. The van der Waals surface area contributed by atoms with Crippen molar-refractivity contribution < 1.29 is 18.3 Å². The summed E-state index contributed by atoms with van der Waals surface area (Å²) < 4.78 is 37.0. The summed E-state index contributed by atoms with van der Waals surface area (Å²) in [6.07, 6.45) is -3.60. The van der Waals surface area contributed by atoms with Gasteiger partial charge in [0.15, 0.2) is 0 Å². The quantitative estimate of drug-likeness (QED) is 0.857. The van der Waals surface area contributed by atoms with Gasteiger partial charge in [-0.05, 0) is 24.1 Å². The second-order valence-electron chi connectivity index (χ2n) is 4.15. The normalized spacial score (nSPS) is 15.6. The first kappa shape index (κ1) is 14.0. The number of benzene rings is 1. The number of nitrogens with two attached hydrogens (primary N) is 1. The fourth-order valence-corrected chi connectivity index (χ4v) is 1.53. The molecule has 1 rings (SSSR count). The molecule has 0 saturated carbocycles. The molecule has 2 nitrogen and oxygen atoms in total. The summed E-state index contributed by atoms with van der Waals surface area (Å²) in [7, 11) is 0. The van der Waals surface area contributed by atoms with Gasteiger partial charge < -0.3 is 10.8 Å². The van der Waals surface area contributed by atoms with Gasteiger partial charge in [0.1, 0.15) is 0 Å². The van der Waals surface area contributed by atoms with Crippen LogP contribution in [0.1, 0.15) is 24.5 Å². The highest BCUT2D eigenvalue weighted by molar-refractivity contribution is 5.25. The van der Waals surface area contributed by atoms with Crippen molar-refractivity contribution in [2.24, 2.45) is 5.73 Å². The highest BCUT2D eigenvalue weighted by Gasteiger charge is 2.30. The van der Waals surface area contributed by atoms with Crippen molar-refractivity contribution in [3.8, 4) is 0 Å². The van der Waals surface area contributed by atoms with E-state index in [2.05, 4.69) is 0 Å². The van der Waals surface area contributed by atoms with Crippen molar-refractivity contribution in [2.45, 2.75) is 31.5 Å². The van der Waals surface area contributed by atoms with E-state index in [0.29, 0.717) is 12.0 Å². The van der Waals surface area contributed by atoms with Crippen molar-refractivity contribution in [1.82, 2.24) is 0 Å². The van der Waals surface area contributed by atoms with Gasteiger partial charge in [-0.2, -0.15) is 13.2 Å². The lowest BCUT2D eigenvalue weighted by molar-refractivity contribution is -0.137. The summed E-state index contributed by atoms with van der Waals surface area (Å²) in [6, 6.07) is 4.78. The molecule has 0 aliphatic carbocycles. The van der Waals surface area contributed by atoms with E-state index in [9.17, 15) is 18.3 Å². The van der Waals surface area contributed by atoms with Crippen LogP contribution in [0.4, 0.5) is 13.2 Å². The van der Waals surface area contributed by atoms with Crippen LogP contribution in [0, 0.1) is 0 Å². The van der Waals surface area contributed by atoms with Crippen LogP contribution in [0.5, 0.6) is 0 Å². The monoisotopic (exact) mass is 247 g/mol. The fraction of sp³-hybridized carbons (Fsp3) is 0.500. The lowest BCUT2D eigenvalue weighted by Gasteiger charge is -2.25. The Labute approximate surface area is 98.3 Å². The second kappa shape index (κ2) is 5.06. The average Bonchev–Trinajstić information content (AvgIpc) is 2.28. The molecule has 0 amide bonds. The zero-order chi connectivity index (χ0) is 13.1. The van der Waals surface area contributed by atoms with Gasteiger partial charge in [-0.15, -0.1) is 0 Å². The maximum Gasteiger partial charge on any atom is 0.416 e. The van der Waals surface area contributed by atoms with Crippen LogP contribution in [0.2, 0.25) is 0 Å². The number of alkyl halides is 3. The van der Waals surface area contributed by atoms with E-state index in [1.165, 1.54) is 12.1 Å². The first-order valence-corrected chi connectivity index (χ1v) is 5.39. The highest BCUT2D eigenvalue weighted by Crippen LogP contribution is 2.29. The van der Waals surface area contributed by atoms with Crippen LogP contribution in [-0.4, -0.2) is 17.3 Å². The minimum absolute atomic E-state index is 0.0878. The van der Waals surface area contributed by atoms with E-state index >= 15 is 0 Å². The number of hydrogen-bond donors (Lipinski definition) is 2. The molecule has 1 aromatic rings. The summed E-state index contributed by atoms with van der Waals surface area (Å²) in [5, 5.41) is 9.96.